The molecule has 1 N–H and O–H groups in total. The molecule has 2 fully saturated rings. The minimum atomic E-state index is 0.437. The molecule has 2 unspecified atom stereocenters. The molecule has 21 heavy (non-hydrogen) atoms. The van der Waals surface area contributed by atoms with E-state index in [1.54, 1.807) is 6.20 Å². The number of aromatic amines is 1. The number of piperidine rings is 1. The fourth-order valence-corrected chi connectivity index (χ4v) is 4.10. The number of hydrogen-bond acceptors (Lipinski definition) is 4. The monoisotopic (exact) mass is 301 g/mol. The number of aromatic nitrogens is 4. The summed E-state index contributed by atoms with van der Waals surface area (Å²) in [5, 5.41) is 7.43. The van der Waals surface area contributed by atoms with E-state index in [1.165, 1.54) is 32.4 Å². The topological polar surface area (TPSA) is 49.7 Å². The molecule has 110 valence electrons. The highest BCUT2D eigenvalue weighted by Gasteiger charge is 2.38. The fraction of sp³-hybridized carbons (Fsp3) is 0.533. The lowest BCUT2D eigenvalue weighted by molar-refractivity contribution is 0.173. The Hall–Kier alpha value is -1.53. The molecule has 0 amide bonds. The second-order valence-corrected chi connectivity index (χ2v) is 6.31. The molecule has 0 bridgehead atoms. The molecule has 0 saturated carbocycles. The highest BCUT2D eigenvalue weighted by atomic mass is 32.1. The third kappa shape index (κ3) is 2.22. The zero-order valence-corrected chi connectivity index (χ0v) is 12.7. The molecule has 0 spiro atoms. The molecule has 2 aliphatic rings. The summed E-state index contributed by atoms with van der Waals surface area (Å²) in [5.74, 6) is 0.922. The van der Waals surface area contributed by atoms with Crippen LogP contribution >= 0.6 is 12.2 Å². The number of fused-ring (bicyclic) bond motifs is 1. The lowest BCUT2D eigenvalue weighted by atomic mass is 9.98. The van der Waals surface area contributed by atoms with Crippen LogP contribution in [0.25, 0.3) is 11.4 Å². The van der Waals surface area contributed by atoms with Crippen LogP contribution in [0.15, 0.2) is 24.5 Å². The van der Waals surface area contributed by atoms with Crippen LogP contribution in [0.2, 0.25) is 0 Å². The summed E-state index contributed by atoms with van der Waals surface area (Å²) in [5.41, 5.74) is 1.03. The van der Waals surface area contributed by atoms with E-state index in [9.17, 15) is 0 Å². The summed E-state index contributed by atoms with van der Waals surface area (Å²) in [6.45, 7) is 2.41. The van der Waals surface area contributed by atoms with Crippen LogP contribution in [0.1, 0.15) is 31.7 Å². The molecule has 2 aromatic heterocycles. The Bertz CT molecular complexity index is 677. The van der Waals surface area contributed by atoms with Crippen LogP contribution in [-0.4, -0.2) is 43.8 Å². The van der Waals surface area contributed by atoms with Gasteiger partial charge in [0.1, 0.15) is 0 Å². The lowest BCUT2D eigenvalue weighted by Crippen LogP contribution is -2.37. The number of nitrogens with one attached hydrogen (secondary N) is 1. The van der Waals surface area contributed by atoms with Crippen molar-refractivity contribution in [2.75, 3.05) is 13.1 Å². The summed E-state index contributed by atoms with van der Waals surface area (Å²) in [4.78, 5) is 6.83. The highest BCUT2D eigenvalue weighted by Crippen LogP contribution is 2.37. The van der Waals surface area contributed by atoms with Gasteiger partial charge in [-0.1, -0.05) is 6.42 Å². The predicted molar refractivity (Wildman–Crippen MR) is 83.5 cm³/mol. The molecular formula is C15H19N5S. The van der Waals surface area contributed by atoms with Gasteiger partial charge in [0, 0.05) is 30.5 Å². The van der Waals surface area contributed by atoms with Crippen LogP contribution in [0.3, 0.4) is 0 Å². The smallest absolute Gasteiger partial charge is 0.195 e. The Morgan fingerprint density at radius 2 is 2.14 bits per heavy atom. The van der Waals surface area contributed by atoms with E-state index in [2.05, 4.69) is 24.6 Å². The quantitative estimate of drug-likeness (QED) is 0.867. The molecule has 6 heteroatoms. The van der Waals surface area contributed by atoms with Crippen LogP contribution in [0, 0.1) is 4.77 Å². The normalized spacial score (nSPS) is 25.9. The minimum Gasteiger partial charge on any atom is -0.298 e. The van der Waals surface area contributed by atoms with Gasteiger partial charge in [-0.3, -0.25) is 19.5 Å². The van der Waals surface area contributed by atoms with Gasteiger partial charge in [0.15, 0.2) is 10.6 Å². The van der Waals surface area contributed by atoms with Crippen LogP contribution in [-0.2, 0) is 0 Å². The summed E-state index contributed by atoms with van der Waals surface area (Å²) in [7, 11) is 0. The summed E-state index contributed by atoms with van der Waals surface area (Å²) < 4.78 is 2.95. The third-order valence-corrected chi connectivity index (χ3v) is 5.06. The zero-order valence-electron chi connectivity index (χ0n) is 11.9. The van der Waals surface area contributed by atoms with Crippen molar-refractivity contribution in [3.05, 3.63) is 29.3 Å². The number of pyridine rings is 1. The molecular weight excluding hydrogens is 282 g/mol. The van der Waals surface area contributed by atoms with Crippen molar-refractivity contribution in [2.24, 2.45) is 0 Å². The van der Waals surface area contributed by atoms with E-state index in [0.717, 1.165) is 22.6 Å². The Kier molecular flexibility index (Phi) is 3.35. The molecule has 4 rings (SSSR count). The molecule has 0 aromatic carbocycles. The first-order valence-electron chi connectivity index (χ1n) is 7.66. The van der Waals surface area contributed by atoms with Crippen LogP contribution in [0.5, 0.6) is 0 Å². The Labute approximate surface area is 129 Å². The SMILES string of the molecule is S=c1[nH]nc(-c2cccnc2)n1C1CCN2CCCCC12. The first kappa shape index (κ1) is 13.2. The second kappa shape index (κ2) is 5.35. The number of H-pyrrole nitrogens is 1. The summed E-state index contributed by atoms with van der Waals surface area (Å²) in [6, 6.07) is 5.03. The average Bonchev–Trinajstić information content (AvgIpc) is 3.11. The first-order valence-corrected chi connectivity index (χ1v) is 8.07. The first-order chi connectivity index (χ1) is 10.3. The van der Waals surface area contributed by atoms with E-state index in [0.29, 0.717) is 12.1 Å². The average molecular weight is 301 g/mol. The van der Waals surface area contributed by atoms with E-state index >= 15 is 0 Å². The Morgan fingerprint density at radius 3 is 3.00 bits per heavy atom. The molecule has 0 aliphatic carbocycles. The van der Waals surface area contributed by atoms with Gasteiger partial charge < -0.3 is 0 Å². The molecule has 0 radical (unpaired) electrons. The van der Waals surface area contributed by atoms with Gasteiger partial charge >= 0.3 is 0 Å². The van der Waals surface area contributed by atoms with Gasteiger partial charge in [-0.2, -0.15) is 5.10 Å². The van der Waals surface area contributed by atoms with Crippen molar-refractivity contribution in [3.8, 4) is 11.4 Å². The maximum atomic E-state index is 5.51. The molecule has 5 nitrogen and oxygen atoms in total. The fourth-order valence-electron chi connectivity index (χ4n) is 3.83. The van der Waals surface area contributed by atoms with Gasteiger partial charge in [-0.25, -0.2) is 0 Å². The van der Waals surface area contributed by atoms with Gasteiger partial charge in [0.2, 0.25) is 0 Å². The van der Waals surface area contributed by atoms with Gasteiger partial charge in [-0.05, 0) is 50.2 Å². The molecule has 4 heterocycles. The van der Waals surface area contributed by atoms with Gasteiger partial charge in [0.25, 0.3) is 0 Å². The second-order valence-electron chi connectivity index (χ2n) is 5.92. The Morgan fingerprint density at radius 1 is 1.19 bits per heavy atom. The summed E-state index contributed by atoms with van der Waals surface area (Å²) >= 11 is 5.51. The molecule has 2 aliphatic heterocycles. The third-order valence-electron chi connectivity index (χ3n) is 4.78. The zero-order chi connectivity index (χ0) is 14.2. The van der Waals surface area contributed by atoms with Crippen molar-refractivity contribution in [1.82, 2.24) is 24.6 Å². The van der Waals surface area contributed by atoms with Crippen molar-refractivity contribution in [3.63, 3.8) is 0 Å². The van der Waals surface area contributed by atoms with Crippen LogP contribution < -0.4 is 0 Å². The van der Waals surface area contributed by atoms with E-state index in [-0.39, 0.29) is 0 Å². The van der Waals surface area contributed by atoms with Crippen molar-refractivity contribution in [1.29, 1.82) is 0 Å². The van der Waals surface area contributed by atoms with Gasteiger partial charge in [-0.15, -0.1) is 0 Å². The van der Waals surface area contributed by atoms with Crippen molar-refractivity contribution < 1.29 is 0 Å². The molecule has 2 saturated heterocycles. The standard InChI is InChI=1S/C15H19N5S/c21-15-18-17-14(11-4-3-7-16-10-11)20(15)13-6-9-19-8-2-1-5-12(13)19/h3-4,7,10,12-13H,1-2,5-6,8-9H2,(H,18,21). The maximum absolute atomic E-state index is 5.51. The maximum Gasteiger partial charge on any atom is 0.195 e. The van der Waals surface area contributed by atoms with E-state index < -0.39 is 0 Å². The highest BCUT2D eigenvalue weighted by molar-refractivity contribution is 7.71. The van der Waals surface area contributed by atoms with Gasteiger partial charge in [0.05, 0.1) is 6.04 Å². The summed E-state index contributed by atoms with van der Waals surface area (Å²) in [6.07, 6.45) is 8.72. The number of hydrogen-bond donors (Lipinski definition) is 1. The minimum absolute atomic E-state index is 0.437. The predicted octanol–water partition coefficient (Wildman–Crippen LogP) is 2.80. The number of nitrogens with zero attached hydrogens (tertiary/aromatic N) is 4. The lowest BCUT2D eigenvalue weighted by Gasteiger charge is -2.33. The van der Waals surface area contributed by atoms with Crippen molar-refractivity contribution in [2.45, 2.75) is 37.8 Å². The molecule has 2 atom stereocenters. The largest absolute Gasteiger partial charge is 0.298 e. The van der Waals surface area contributed by atoms with E-state index in [1.807, 2.05) is 18.3 Å². The van der Waals surface area contributed by atoms with E-state index in [4.69, 9.17) is 12.2 Å². The Balaban J connectivity index is 1.76. The van der Waals surface area contributed by atoms with Crippen molar-refractivity contribution >= 4 is 12.2 Å². The molecule has 2 aromatic rings. The number of rotatable bonds is 2. The van der Waals surface area contributed by atoms with Crippen LogP contribution in [0.4, 0.5) is 0 Å².